The van der Waals surface area contributed by atoms with E-state index in [0.29, 0.717) is 0 Å². The van der Waals surface area contributed by atoms with Gasteiger partial charge in [-0.3, -0.25) is 28.8 Å². The fraction of sp³-hybridized carbons (Fsp3) is 0.588. The summed E-state index contributed by atoms with van der Waals surface area (Å²) in [6.07, 6.45) is -3.98. The summed E-state index contributed by atoms with van der Waals surface area (Å²) in [6, 6.07) is -6.52. The van der Waals surface area contributed by atoms with Crippen molar-refractivity contribution in [1.82, 2.24) is 16.0 Å². The number of carbonyl (C=O) groups excluding carboxylic acids is 5. The van der Waals surface area contributed by atoms with Crippen molar-refractivity contribution in [1.29, 1.82) is 0 Å². The van der Waals surface area contributed by atoms with Crippen LogP contribution in [0, 0.1) is 0 Å². The smallest absolute Gasteiger partial charge is 0.326 e. The maximum Gasteiger partial charge on any atom is 0.326 e. The molecule has 0 rings (SSSR count). The van der Waals surface area contributed by atoms with Crippen molar-refractivity contribution < 1.29 is 48.9 Å². The van der Waals surface area contributed by atoms with Gasteiger partial charge < -0.3 is 48.5 Å². The molecule has 0 aromatic rings. The quantitative estimate of drug-likeness (QED) is 0.108. The highest BCUT2D eigenvalue weighted by atomic mass is 16.4. The van der Waals surface area contributed by atoms with Crippen molar-refractivity contribution >= 4 is 41.5 Å². The van der Waals surface area contributed by atoms with Gasteiger partial charge in [-0.2, -0.15) is 0 Å². The van der Waals surface area contributed by atoms with Gasteiger partial charge in [0.2, 0.25) is 29.5 Å². The summed E-state index contributed by atoms with van der Waals surface area (Å²) in [4.78, 5) is 81.6. The zero-order valence-electron chi connectivity index (χ0n) is 17.6. The lowest BCUT2D eigenvalue weighted by Gasteiger charge is -2.24. The van der Waals surface area contributed by atoms with Gasteiger partial charge in [-0.15, -0.1) is 0 Å². The topological polar surface area (TPSA) is 294 Å². The molecule has 0 aromatic carbocycles. The van der Waals surface area contributed by atoms with Gasteiger partial charge in [0.1, 0.15) is 24.2 Å². The molecule has 16 nitrogen and oxygen atoms in total. The van der Waals surface area contributed by atoms with Gasteiger partial charge in [-0.25, -0.2) is 4.79 Å². The van der Waals surface area contributed by atoms with Gasteiger partial charge in [0.25, 0.3) is 0 Å². The minimum atomic E-state index is -1.76. The summed E-state index contributed by atoms with van der Waals surface area (Å²) >= 11 is 0. The van der Waals surface area contributed by atoms with Crippen molar-refractivity contribution in [2.45, 2.75) is 62.9 Å². The number of aliphatic hydroxyl groups excluding tert-OH is 1. The van der Waals surface area contributed by atoms with Crippen LogP contribution in [-0.2, 0) is 33.6 Å². The Bertz CT molecular complexity index is 786. The molecule has 186 valence electrons. The number of hydrogen-bond donors (Lipinski definition) is 9. The Morgan fingerprint density at radius 3 is 1.61 bits per heavy atom. The monoisotopic (exact) mass is 476 g/mol. The molecule has 0 bridgehead atoms. The van der Waals surface area contributed by atoms with E-state index in [1.54, 1.807) is 0 Å². The number of carboxylic acids is 2. The molecule has 0 radical (unpaired) electrons. The van der Waals surface area contributed by atoms with Crippen LogP contribution >= 0.6 is 0 Å². The number of nitrogens with one attached hydrogen (secondary N) is 3. The maximum absolute atomic E-state index is 12.6. The molecular weight excluding hydrogens is 448 g/mol. The van der Waals surface area contributed by atoms with Gasteiger partial charge in [0, 0.05) is 6.42 Å². The molecule has 0 spiro atoms. The highest BCUT2D eigenvalue weighted by Gasteiger charge is 2.32. The average Bonchev–Trinajstić information content (AvgIpc) is 2.67. The molecule has 0 aliphatic rings. The molecule has 12 N–H and O–H groups in total. The zero-order valence-corrected chi connectivity index (χ0v) is 17.6. The highest BCUT2D eigenvalue weighted by Crippen LogP contribution is 2.04. The van der Waals surface area contributed by atoms with Gasteiger partial charge in [-0.05, 0) is 13.3 Å². The van der Waals surface area contributed by atoms with Crippen molar-refractivity contribution in [3.05, 3.63) is 0 Å². The Hall–Kier alpha value is -3.79. The third-order valence-electron chi connectivity index (χ3n) is 4.16. The number of hydrogen-bond acceptors (Lipinski definition) is 9. The molecule has 0 aromatic heterocycles. The van der Waals surface area contributed by atoms with Crippen molar-refractivity contribution in [2.75, 3.05) is 0 Å². The minimum absolute atomic E-state index is 0.514. The highest BCUT2D eigenvalue weighted by molar-refractivity contribution is 5.96. The van der Waals surface area contributed by atoms with E-state index in [-0.39, 0.29) is 0 Å². The van der Waals surface area contributed by atoms with E-state index in [0.717, 1.165) is 0 Å². The first-order valence-electron chi connectivity index (χ1n) is 9.51. The molecule has 33 heavy (non-hydrogen) atoms. The van der Waals surface area contributed by atoms with Gasteiger partial charge in [0.05, 0.1) is 18.9 Å². The van der Waals surface area contributed by atoms with Gasteiger partial charge in [0.15, 0.2) is 0 Å². The SMILES string of the molecule is CC(O)C(N)C(=O)NC(CC(N)=O)C(=O)NC(CCC(=O)O)C(=O)NC(CC(N)=O)C(=O)O. The Morgan fingerprint density at radius 1 is 0.758 bits per heavy atom. The molecule has 5 unspecified atom stereocenters. The lowest BCUT2D eigenvalue weighted by molar-refractivity contribution is -0.144. The van der Waals surface area contributed by atoms with E-state index in [1.165, 1.54) is 6.92 Å². The van der Waals surface area contributed by atoms with E-state index in [9.17, 15) is 38.7 Å². The molecule has 0 saturated heterocycles. The van der Waals surface area contributed by atoms with Gasteiger partial charge in [-0.1, -0.05) is 0 Å². The second-order valence-corrected chi connectivity index (χ2v) is 7.06. The van der Waals surface area contributed by atoms with E-state index in [1.807, 2.05) is 5.32 Å². The lowest BCUT2D eigenvalue weighted by Crippen LogP contribution is -2.58. The molecule has 0 aliphatic heterocycles. The third-order valence-corrected chi connectivity index (χ3v) is 4.16. The molecule has 0 saturated carbocycles. The van der Waals surface area contributed by atoms with E-state index >= 15 is 0 Å². The van der Waals surface area contributed by atoms with Gasteiger partial charge >= 0.3 is 11.9 Å². The van der Waals surface area contributed by atoms with Crippen LogP contribution in [0.3, 0.4) is 0 Å². The second-order valence-electron chi connectivity index (χ2n) is 7.06. The van der Waals surface area contributed by atoms with Crippen molar-refractivity contribution in [3.8, 4) is 0 Å². The Labute approximate surface area is 187 Å². The van der Waals surface area contributed by atoms with Crippen LogP contribution in [0.4, 0.5) is 0 Å². The zero-order chi connectivity index (χ0) is 25.9. The van der Waals surface area contributed by atoms with Crippen LogP contribution in [0.1, 0.15) is 32.6 Å². The predicted octanol–water partition coefficient (Wildman–Crippen LogP) is -5.15. The van der Waals surface area contributed by atoms with Crippen LogP contribution in [0.2, 0.25) is 0 Å². The number of aliphatic hydroxyl groups is 1. The number of nitrogens with two attached hydrogens (primary N) is 3. The van der Waals surface area contributed by atoms with Crippen LogP contribution in [-0.4, -0.2) is 87.1 Å². The molecule has 0 aliphatic carbocycles. The number of amides is 5. The normalized spacial score (nSPS) is 15.1. The summed E-state index contributed by atoms with van der Waals surface area (Å²) in [5.74, 6) is -8.37. The average molecular weight is 476 g/mol. The minimum Gasteiger partial charge on any atom is -0.481 e. The summed E-state index contributed by atoms with van der Waals surface area (Å²) in [6.45, 7) is 1.20. The maximum atomic E-state index is 12.6. The fourth-order valence-electron chi connectivity index (χ4n) is 2.38. The van der Waals surface area contributed by atoms with Crippen LogP contribution in [0.15, 0.2) is 0 Å². The first kappa shape index (κ1) is 29.2. The summed E-state index contributed by atoms with van der Waals surface area (Å²) in [5.41, 5.74) is 15.4. The van der Waals surface area contributed by atoms with Crippen LogP contribution in [0.5, 0.6) is 0 Å². The number of primary amides is 2. The van der Waals surface area contributed by atoms with Crippen LogP contribution < -0.4 is 33.2 Å². The number of aliphatic carboxylic acids is 2. The van der Waals surface area contributed by atoms with E-state index in [4.69, 9.17) is 27.4 Å². The first-order chi connectivity index (χ1) is 15.1. The van der Waals surface area contributed by atoms with E-state index in [2.05, 4.69) is 10.6 Å². The number of rotatable bonds is 15. The largest absolute Gasteiger partial charge is 0.481 e. The Kier molecular flexibility index (Phi) is 12.0. The third kappa shape index (κ3) is 11.4. The fourth-order valence-corrected chi connectivity index (χ4v) is 2.38. The summed E-state index contributed by atoms with van der Waals surface area (Å²) < 4.78 is 0. The number of carbonyl (C=O) groups is 7. The lowest BCUT2D eigenvalue weighted by atomic mass is 10.1. The summed E-state index contributed by atoms with van der Waals surface area (Å²) in [7, 11) is 0. The Morgan fingerprint density at radius 2 is 1.18 bits per heavy atom. The molecular formula is C17H28N6O10. The van der Waals surface area contributed by atoms with Crippen molar-refractivity contribution in [2.24, 2.45) is 17.2 Å². The molecule has 16 heteroatoms. The standard InChI is InChI=1S/C17H28N6O10/c1-6(24)13(20)16(31)22-8(4-10(18)25)15(30)21-7(2-3-12(27)28)14(29)23-9(17(32)33)5-11(19)26/h6-9,13,24H,2-5,20H2,1H3,(H2,18,25)(H2,19,26)(H,21,30)(H,22,31)(H,23,29)(H,27,28)(H,32,33). The Balaban J connectivity index is 5.63. The van der Waals surface area contributed by atoms with E-state index < -0.39 is 97.4 Å². The molecule has 0 heterocycles. The molecule has 5 amide bonds. The second kappa shape index (κ2) is 13.6. The first-order valence-corrected chi connectivity index (χ1v) is 9.51. The predicted molar refractivity (Wildman–Crippen MR) is 108 cm³/mol. The van der Waals surface area contributed by atoms with Crippen LogP contribution in [0.25, 0.3) is 0 Å². The number of carboxylic acid groups (broad SMARTS) is 2. The summed E-state index contributed by atoms with van der Waals surface area (Å²) in [5, 5.41) is 33.5. The molecule has 5 atom stereocenters. The van der Waals surface area contributed by atoms with Crippen molar-refractivity contribution in [3.63, 3.8) is 0 Å². The molecule has 0 fully saturated rings.